The Bertz CT molecular complexity index is 98.9. The molecule has 1 saturated heterocycles. The van der Waals surface area contributed by atoms with E-state index in [0.29, 0.717) is 0 Å². The van der Waals surface area contributed by atoms with Gasteiger partial charge in [0.2, 0.25) is 0 Å². The Morgan fingerprint density at radius 2 is 2.00 bits per heavy atom. The number of nitrogens with one attached hydrogen (secondary N) is 1. The molecule has 0 radical (unpaired) electrons. The molecule has 0 bridgehead atoms. The smallest absolute Gasteiger partial charge is 0.00178 e. The molecule has 60 valence electrons. The van der Waals surface area contributed by atoms with Gasteiger partial charge in [0.1, 0.15) is 0 Å². The van der Waals surface area contributed by atoms with Crippen LogP contribution in [0.2, 0.25) is 0 Å². The normalized spacial score (nSPS) is 34.8. The van der Waals surface area contributed by atoms with Crippen molar-refractivity contribution < 1.29 is 0 Å². The maximum absolute atomic E-state index is 3.47. The van der Waals surface area contributed by atoms with E-state index in [2.05, 4.69) is 26.1 Å². The molecular weight excluding hydrogens is 122 g/mol. The van der Waals surface area contributed by atoms with Gasteiger partial charge in [-0.1, -0.05) is 20.8 Å². The van der Waals surface area contributed by atoms with Gasteiger partial charge in [0.15, 0.2) is 0 Å². The minimum atomic E-state index is 0.857. The zero-order chi connectivity index (χ0) is 7.56. The Labute approximate surface area is 64.2 Å². The monoisotopic (exact) mass is 141 g/mol. The average Bonchev–Trinajstić information content (AvgIpc) is 1.88. The lowest BCUT2D eigenvalue weighted by molar-refractivity contribution is 0.244. The van der Waals surface area contributed by atoms with E-state index >= 15 is 0 Å². The number of hydrogen-bond acceptors (Lipinski definition) is 1. The van der Waals surface area contributed by atoms with Crippen LogP contribution in [0.25, 0.3) is 0 Å². The van der Waals surface area contributed by atoms with E-state index in [0.717, 1.165) is 17.8 Å². The van der Waals surface area contributed by atoms with Gasteiger partial charge in [0, 0.05) is 0 Å². The van der Waals surface area contributed by atoms with Crippen molar-refractivity contribution in [2.75, 3.05) is 13.1 Å². The fourth-order valence-electron chi connectivity index (χ4n) is 1.71. The summed E-state index contributed by atoms with van der Waals surface area (Å²) in [5, 5.41) is 3.47. The van der Waals surface area contributed by atoms with Crippen LogP contribution < -0.4 is 5.32 Å². The van der Waals surface area contributed by atoms with Gasteiger partial charge >= 0.3 is 0 Å². The third-order valence-electron chi connectivity index (χ3n) is 2.55. The first-order valence-corrected chi connectivity index (χ1v) is 4.41. The molecule has 1 fully saturated rings. The van der Waals surface area contributed by atoms with Crippen LogP contribution >= 0.6 is 0 Å². The largest absolute Gasteiger partial charge is 0.316 e. The molecule has 1 N–H and O–H groups in total. The first-order chi connectivity index (χ1) is 4.70. The molecule has 0 aromatic heterocycles. The van der Waals surface area contributed by atoms with E-state index in [9.17, 15) is 0 Å². The average molecular weight is 141 g/mol. The molecule has 1 rings (SSSR count). The van der Waals surface area contributed by atoms with Gasteiger partial charge < -0.3 is 5.32 Å². The van der Waals surface area contributed by atoms with Gasteiger partial charge in [-0.15, -0.1) is 0 Å². The molecule has 10 heavy (non-hydrogen) atoms. The Morgan fingerprint density at radius 3 is 2.40 bits per heavy atom. The third-order valence-corrected chi connectivity index (χ3v) is 2.55. The number of piperidine rings is 1. The fraction of sp³-hybridized carbons (Fsp3) is 1.00. The van der Waals surface area contributed by atoms with E-state index in [4.69, 9.17) is 0 Å². The van der Waals surface area contributed by atoms with Crippen LogP contribution in [0.3, 0.4) is 0 Å². The van der Waals surface area contributed by atoms with Gasteiger partial charge in [0.05, 0.1) is 0 Å². The molecule has 0 aromatic carbocycles. The molecule has 0 saturated carbocycles. The van der Waals surface area contributed by atoms with Crippen molar-refractivity contribution in [3.05, 3.63) is 0 Å². The quantitative estimate of drug-likeness (QED) is 0.588. The highest BCUT2D eigenvalue weighted by Crippen LogP contribution is 2.22. The first kappa shape index (κ1) is 8.06. The van der Waals surface area contributed by atoms with Crippen LogP contribution in [-0.4, -0.2) is 13.1 Å². The van der Waals surface area contributed by atoms with Crippen molar-refractivity contribution in [3.63, 3.8) is 0 Å². The summed E-state index contributed by atoms with van der Waals surface area (Å²) in [4.78, 5) is 0. The topological polar surface area (TPSA) is 12.0 Å². The molecule has 1 heteroatoms. The molecule has 0 aromatic rings. The molecule has 0 unspecified atom stereocenters. The van der Waals surface area contributed by atoms with E-state index in [1.807, 2.05) is 0 Å². The van der Waals surface area contributed by atoms with Crippen molar-refractivity contribution >= 4 is 0 Å². The predicted octanol–water partition coefficient (Wildman–Crippen LogP) is 1.89. The summed E-state index contributed by atoms with van der Waals surface area (Å²) in [6, 6.07) is 0. The Kier molecular flexibility index (Phi) is 2.72. The van der Waals surface area contributed by atoms with Crippen LogP contribution in [0.4, 0.5) is 0 Å². The van der Waals surface area contributed by atoms with Gasteiger partial charge in [-0.25, -0.2) is 0 Å². The second-order valence-electron chi connectivity index (χ2n) is 4.00. The zero-order valence-electron chi connectivity index (χ0n) is 7.35. The molecule has 1 nitrogen and oxygen atoms in total. The van der Waals surface area contributed by atoms with Crippen molar-refractivity contribution in [1.29, 1.82) is 0 Å². The molecule has 1 heterocycles. The molecule has 0 amide bonds. The lowest BCUT2D eigenvalue weighted by Gasteiger charge is -2.30. The standard InChI is InChI=1S/C9H19N/c1-7(2)9-4-8(3)5-10-6-9/h7-10H,4-6H2,1-3H3/t8-,9-/m0/s1. The maximum atomic E-state index is 3.47. The molecule has 0 spiro atoms. The van der Waals surface area contributed by atoms with Crippen molar-refractivity contribution in [2.45, 2.75) is 27.2 Å². The van der Waals surface area contributed by atoms with E-state index in [-0.39, 0.29) is 0 Å². The Balaban J connectivity index is 2.32. The minimum absolute atomic E-state index is 0.857. The van der Waals surface area contributed by atoms with E-state index in [1.54, 1.807) is 0 Å². The van der Waals surface area contributed by atoms with Crippen LogP contribution in [-0.2, 0) is 0 Å². The third kappa shape index (κ3) is 1.98. The summed E-state index contributed by atoms with van der Waals surface area (Å²) in [6.45, 7) is 9.45. The van der Waals surface area contributed by atoms with Crippen LogP contribution in [0.5, 0.6) is 0 Å². The van der Waals surface area contributed by atoms with E-state index in [1.165, 1.54) is 19.5 Å². The molecule has 0 aliphatic carbocycles. The van der Waals surface area contributed by atoms with Crippen molar-refractivity contribution in [1.82, 2.24) is 5.32 Å². The summed E-state index contributed by atoms with van der Waals surface area (Å²) in [6.07, 6.45) is 1.42. The van der Waals surface area contributed by atoms with Crippen LogP contribution in [0, 0.1) is 17.8 Å². The van der Waals surface area contributed by atoms with Gasteiger partial charge in [-0.2, -0.15) is 0 Å². The first-order valence-electron chi connectivity index (χ1n) is 4.41. The van der Waals surface area contributed by atoms with Crippen LogP contribution in [0.15, 0.2) is 0 Å². The van der Waals surface area contributed by atoms with Crippen LogP contribution in [0.1, 0.15) is 27.2 Å². The summed E-state index contributed by atoms with van der Waals surface area (Å²) in [5.74, 6) is 2.67. The Hall–Kier alpha value is -0.0400. The fourth-order valence-corrected chi connectivity index (χ4v) is 1.71. The SMILES string of the molecule is CC(C)[C@@H]1CNC[C@@H](C)C1. The minimum Gasteiger partial charge on any atom is -0.316 e. The summed E-state index contributed by atoms with van der Waals surface area (Å²) in [5.41, 5.74) is 0. The second-order valence-corrected chi connectivity index (χ2v) is 4.00. The summed E-state index contributed by atoms with van der Waals surface area (Å²) in [7, 11) is 0. The van der Waals surface area contributed by atoms with E-state index < -0.39 is 0 Å². The van der Waals surface area contributed by atoms with Gasteiger partial charge in [-0.3, -0.25) is 0 Å². The predicted molar refractivity (Wildman–Crippen MR) is 45.0 cm³/mol. The van der Waals surface area contributed by atoms with Crippen molar-refractivity contribution in [3.8, 4) is 0 Å². The van der Waals surface area contributed by atoms with Crippen molar-refractivity contribution in [2.24, 2.45) is 17.8 Å². The molecule has 1 aliphatic heterocycles. The summed E-state index contributed by atoms with van der Waals surface area (Å²) >= 11 is 0. The highest BCUT2D eigenvalue weighted by Gasteiger charge is 2.20. The zero-order valence-corrected chi connectivity index (χ0v) is 7.35. The number of rotatable bonds is 1. The van der Waals surface area contributed by atoms with Gasteiger partial charge in [-0.05, 0) is 37.3 Å². The highest BCUT2D eigenvalue weighted by molar-refractivity contribution is 4.75. The lowest BCUT2D eigenvalue weighted by atomic mass is 9.84. The molecule has 1 aliphatic rings. The lowest BCUT2D eigenvalue weighted by Crippen LogP contribution is -2.37. The number of hydrogen-bond donors (Lipinski definition) is 1. The molecular formula is C9H19N. The highest BCUT2D eigenvalue weighted by atomic mass is 14.9. The summed E-state index contributed by atoms with van der Waals surface area (Å²) < 4.78 is 0. The Morgan fingerprint density at radius 1 is 1.30 bits per heavy atom. The molecule has 2 atom stereocenters. The van der Waals surface area contributed by atoms with Gasteiger partial charge in [0.25, 0.3) is 0 Å². The second kappa shape index (κ2) is 3.38. The maximum Gasteiger partial charge on any atom is -0.00178 e.